The Morgan fingerprint density at radius 2 is 1.64 bits per heavy atom. The third kappa shape index (κ3) is 8.73. The topological polar surface area (TPSA) is 88.1 Å². The van der Waals surface area contributed by atoms with Crippen LogP contribution in [0.4, 0.5) is 0 Å². The molecule has 0 radical (unpaired) electrons. The predicted octanol–water partition coefficient (Wildman–Crippen LogP) is 0.739. The van der Waals surface area contributed by atoms with Gasteiger partial charge in [0.15, 0.2) is 0 Å². The van der Waals surface area contributed by atoms with E-state index in [-0.39, 0.29) is 38.8 Å². The van der Waals surface area contributed by atoms with Gasteiger partial charge in [-0.15, -0.1) is 0 Å². The van der Waals surface area contributed by atoms with E-state index in [1.807, 2.05) is 6.07 Å². The van der Waals surface area contributed by atoms with Crippen LogP contribution in [0.15, 0.2) is 30.3 Å². The van der Waals surface area contributed by atoms with Gasteiger partial charge in [0, 0.05) is 0 Å². The summed E-state index contributed by atoms with van der Waals surface area (Å²) >= 11 is 0. The number of esters is 1. The van der Waals surface area contributed by atoms with Crippen LogP contribution in [0, 0.1) is 0 Å². The SMILES string of the molecule is COC(=O)COCCOCCOS(=O)(=O)Cc1ccccc1. The number of rotatable bonds is 11. The largest absolute Gasteiger partial charge is 0.467 e. The molecule has 0 aliphatic heterocycles. The van der Waals surface area contributed by atoms with Crippen LogP contribution in [0.3, 0.4) is 0 Å². The monoisotopic (exact) mass is 332 g/mol. The van der Waals surface area contributed by atoms with Gasteiger partial charge in [-0.2, -0.15) is 8.42 Å². The van der Waals surface area contributed by atoms with Crippen molar-refractivity contribution in [1.29, 1.82) is 0 Å². The minimum Gasteiger partial charge on any atom is -0.467 e. The molecule has 0 spiro atoms. The molecule has 124 valence electrons. The van der Waals surface area contributed by atoms with E-state index in [4.69, 9.17) is 13.7 Å². The van der Waals surface area contributed by atoms with Gasteiger partial charge in [-0.3, -0.25) is 4.18 Å². The molecule has 0 saturated carbocycles. The molecule has 0 fully saturated rings. The van der Waals surface area contributed by atoms with Crippen molar-refractivity contribution in [1.82, 2.24) is 0 Å². The highest BCUT2D eigenvalue weighted by Crippen LogP contribution is 2.06. The number of methoxy groups -OCH3 is 1. The number of hydrogen-bond acceptors (Lipinski definition) is 7. The Bertz CT molecular complexity index is 527. The smallest absolute Gasteiger partial charge is 0.331 e. The molecule has 0 saturated heterocycles. The summed E-state index contributed by atoms with van der Waals surface area (Å²) in [5.41, 5.74) is 0.666. The van der Waals surface area contributed by atoms with Crippen molar-refractivity contribution in [2.75, 3.05) is 40.1 Å². The molecule has 1 aromatic carbocycles. The molecule has 0 aliphatic rings. The highest BCUT2D eigenvalue weighted by Gasteiger charge is 2.12. The van der Waals surface area contributed by atoms with E-state index in [2.05, 4.69) is 4.74 Å². The number of benzene rings is 1. The Morgan fingerprint density at radius 3 is 2.32 bits per heavy atom. The Balaban J connectivity index is 2.07. The van der Waals surface area contributed by atoms with Crippen LogP contribution in [0.25, 0.3) is 0 Å². The van der Waals surface area contributed by atoms with E-state index >= 15 is 0 Å². The minimum absolute atomic E-state index is 0.0633. The lowest BCUT2D eigenvalue weighted by atomic mass is 10.2. The maximum atomic E-state index is 11.7. The highest BCUT2D eigenvalue weighted by molar-refractivity contribution is 7.85. The third-order valence-electron chi connectivity index (χ3n) is 2.50. The standard InChI is InChI=1S/C14H20O7S/c1-18-14(15)11-20-8-7-19-9-10-21-22(16,17)12-13-5-3-2-4-6-13/h2-6H,7-12H2,1H3. The molecule has 7 nitrogen and oxygen atoms in total. The summed E-state index contributed by atoms with van der Waals surface area (Å²) in [6, 6.07) is 8.78. The maximum absolute atomic E-state index is 11.7. The quantitative estimate of drug-likeness (QED) is 0.335. The second kappa shape index (κ2) is 10.3. The van der Waals surface area contributed by atoms with Gasteiger partial charge in [0.25, 0.3) is 10.1 Å². The van der Waals surface area contributed by atoms with Gasteiger partial charge in [-0.25, -0.2) is 4.79 Å². The number of carbonyl (C=O) groups excluding carboxylic acids is 1. The lowest BCUT2D eigenvalue weighted by Gasteiger charge is -2.07. The normalized spacial score (nSPS) is 11.3. The Hall–Kier alpha value is -1.48. The molecule has 0 heterocycles. The average molecular weight is 332 g/mol. The van der Waals surface area contributed by atoms with E-state index in [1.165, 1.54) is 7.11 Å². The van der Waals surface area contributed by atoms with E-state index in [0.717, 1.165) is 0 Å². The molecule has 8 heteroatoms. The molecule has 1 aromatic rings. The zero-order valence-corrected chi connectivity index (χ0v) is 13.2. The van der Waals surface area contributed by atoms with E-state index in [1.54, 1.807) is 24.3 Å². The molecule has 1 rings (SSSR count). The summed E-state index contributed by atoms with van der Waals surface area (Å²) in [4.78, 5) is 10.7. The first-order valence-electron chi connectivity index (χ1n) is 6.67. The molecule has 0 amide bonds. The van der Waals surface area contributed by atoms with Crippen molar-refractivity contribution in [2.45, 2.75) is 5.75 Å². The summed E-state index contributed by atoms with van der Waals surface area (Å²) in [5, 5.41) is 0. The van der Waals surface area contributed by atoms with Crippen LogP contribution in [-0.2, 0) is 39.1 Å². The molecular formula is C14H20O7S. The maximum Gasteiger partial charge on any atom is 0.331 e. The first-order valence-corrected chi connectivity index (χ1v) is 8.24. The van der Waals surface area contributed by atoms with Crippen molar-refractivity contribution in [3.05, 3.63) is 35.9 Å². The van der Waals surface area contributed by atoms with E-state index in [9.17, 15) is 13.2 Å². The molecule has 0 N–H and O–H groups in total. The molecule has 0 bridgehead atoms. The van der Waals surface area contributed by atoms with E-state index < -0.39 is 16.1 Å². The van der Waals surface area contributed by atoms with Gasteiger partial charge in [0.2, 0.25) is 0 Å². The Kier molecular flexibility index (Phi) is 8.68. The molecule has 0 atom stereocenters. The van der Waals surface area contributed by atoms with Crippen LogP contribution < -0.4 is 0 Å². The van der Waals surface area contributed by atoms with Crippen LogP contribution in [-0.4, -0.2) is 54.5 Å². The van der Waals surface area contributed by atoms with Gasteiger partial charge in [-0.05, 0) is 5.56 Å². The summed E-state index contributed by atoms with van der Waals surface area (Å²) in [5.74, 6) is -0.633. The summed E-state index contributed by atoms with van der Waals surface area (Å²) in [6.45, 7) is 0.370. The number of hydrogen-bond donors (Lipinski definition) is 0. The summed E-state index contributed by atoms with van der Waals surface area (Å²) in [7, 11) is -2.35. The predicted molar refractivity (Wildman–Crippen MR) is 78.7 cm³/mol. The second-order valence-electron chi connectivity index (χ2n) is 4.25. The molecule has 0 unspecified atom stereocenters. The summed E-state index contributed by atoms with van der Waals surface area (Å²) < 4.78 is 42.7. The molecule has 22 heavy (non-hydrogen) atoms. The summed E-state index contributed by atoms with van der Waals surface area (Å²) in [6.07, 6.45) is 0. The lowest BCUT2D eigenvalue weighted by molar-refractivity contribution is -0.146. The van der Waals surface area contributed by atoms with Gasteiger partial charge in [0.05, 0.1) is 33.5 Å². The van der Waals surface area contributed by atoms with E-state index in [0.29, 0.717) is 5.56 Å². The first kappa shape index (κ1) is 18.6. The zero-order valence-electron chi connectivity index (χ0n) is 12.4. The third-order valence-corrected chi connectivity index (χ3v) is 3.71. The minimum atomic E-state index is -3.62. The molecule has 0 aliphatic carbocycles. The molecular weight excluding hydrogens is 312 g/mol. The van der Waals surface area contributed by atoms with Crippen LogP contribution in [0.5, 0.6) is 0 Å². The Morgan fingerprint density at radius 1 is 1.00 bits per heavy atom. The number of ether oxygens (including phenoxy) is 3. The Labute approximate surface area is 130 Å². The average Bonchev–Trinajstić information content (AvgIpc) is 2.50. The fourth-order valence-corrected chi connectivity index (χ4v) is 2.48. The molecule has 0 aromatic heterocycles. The zero-order chi connectivity index (χ0) is 16.3. The van der Waals surface area contributed by atoms with Gasteiger partial charge < -0.3 is 14.2 Å². The van der Waals surface area contributed by atoms with Crippen molar-refractivity contribution >= 4 is 16.1 Å². The van der Waals surface area contributed by atoms with Crippen molar-refractivity contribution in [2.24, 2.45) is 0 Å². The van der Waals surface area contributed by atoms with Crippen LogP contribution in [0.2, 0.25) is 0 Å². The van der Waals surface area contributed by atoms with Gasteiger partial charge in [-0.1, -0.05) is 30.3 Å². The van der Waals surface area contributed by atoms with Crippen LogP contribution >= 0.6 is 0 Å². The van der Waals surface area contributed by atoms with Gasteiger partial charge >= 0.3 is 5.97 Å². The van der Waals surface area contributed by atoms with Crippen molar-refractivity contribution in [3.8, 4) is 0 Å². The first-order chi connectivity index (χ1) is 10.5. The van der Waals surface area contributed by atoms with Gasteiger partial charge in [0.1, 0.15) is 12.4 Å². The van der Waals surface area contributed by atoms with Crippen molar-refractivity contribution < 1.29 is 31.6 Å². The second-order valence-corrected chi connectivity index (χ2v) is 5.89. The van der Waals surface area contributed by atoms with Crippen molar-refractivity contribution in [3.63, 3.8) is 0 Å². The number of carbonyl (C=O) groups is 1. The lowest BCUT2D eigenvalue weighted by Crippen LogP contribution is -2.16. The van der Waals surface area contributed by atoms with Crippen LogP contribution in [0.1, 0.15) is 5.56 Å². The fourth-order valence-electron chi connectivity index (χ4n) is 1.47. The highest BCUT2D eigenvalue weighted by atomic mass is 32.2. The fraction of sp³-hybridized carbons (Fsp3) is 0.500.